The van der Waals surface area contributed by atoms with Gasteiger partial charge in [-0.1, -0.05) is 30.3 Å². The number of amides is 2. The van der Waals surface area contributed by atoms with Crippen LogP contribution in [-0.2, 0) is 22.4 Å². The van der Waals surface area contributed by atoms with Gasteiger partial charge >= 0.3 is 0 Å². The number of aliphatic imine (C=N–C) groups is 1. The number of nitrogens with one attached hydrogen (secondary N) is 1. The van der Waals surface area contributed by atoms with Gasteiger partial charge in [0.2, 0.25) is 0 Å². The van der Waals surface area contributed by atoms with Crippen molar-refractivity contribution in [3.63, 3.8) is 0 Å². The SMILES string of the molecule is COc1ccc(CC2Cc3cccc4c3N2C=CN=C4C2=C(c3cnc4ccccn34)C(=O)NC2=O)c(OC)c1. The zero-order valence-corrected chi connectivity index (χ0v) is 21.9. The Morgan fingerprint density at radius 2 is 1.88 bits per heavy atom. The second-order valence-corrected chi connectivity index (χ2v) is 9.84. The van der Waals surface area contributed by atoms with Crippen LogP contribution in [0.5, 0.6) is 11.5 Å². The van der Waals surface area contributed by atoms with Crippen LogP contribution >= 0.6 is 0 Å². The molecule has 3 aliphatic heterocycles. The third-order valence-electron chi connectivity index (χ3n) is 7.70. The largest absolute Gasteiger partial charge is 0.497 e. The second kappa shape index (κ2) is 9.23. The first-order valence-electron chi connectivity index (χ1n) is 13.0. The Labute approximate surface area is 230 Å². The number of imidazole rings is 1. The summed E-state index contributed by atoms with van der Waals surface area (Å²) in [6, 6.07) is 17.6. The van der Waals surface area contributed by atoms with E-state index in [1.807, 2.05) is 60.9 Å². The van der Waals surface area contributed by atoms with Gasteiger partial charge in [-0.2, -0.15) is 0 Å². The van der Waals surface area contributed by atoms with Crippen LogP contribution in [0.1, 0.15) is 22.4 Å². The second-order valence-electron chi connectivity index (χ2n) is 9.84. The van der Waals surface area contributed by atoms with Gasteiger partial charge < -0.3 is 14.4 Å². The number of carbonyl (C=O) groups excluding carboxylic acids is 2. The number of aromatic nitrogens is 2. The van der Waals surface area contributed by atoms with E-state index in [0.29, 0.717) is 17.1 Å². The van der Waals surface area contributed by atoms with Crippen LogP contribution in [0.25, 0.3) is 11.2 Å². The van der Waals surface area contributed by atoms with Crippen LogP contribution in [0.4, 0.5) is 5.69 Å². The van der Waals surface area contributed by atoms with Crippen molar-refractivity contribution >= 4 is 34.4 Å². The number of imide groups is 1. The maximum atomic E-state index is 13.3. The van der Waals surface area contributed by atoms with Crippen LogP contribution in [0.2, 0.25) is 0 Å². The number of para-hydroxylation sites is 1. The topological polar surface area (TPSA) is 97.5 Å². The van der Waals surface area contributed by atoms with Gasteiger partial charge in [-0.25, -0.2) is 4.98 Å². The lowest BCUT2D eigenvalue weighted by Crippen LogP contribution is -2.30. The Kier molecular flexibility index (Phi) is 5.52. The molecule has 2 amide bonds. The third kappa shape index (κ3) is 3.62. The monoisotopic (exact) mass is 531 g/mol. The number of rotatable bonds is 6. The average molecular weight is 532 g/mol. The molecule has 2 aromatic carbocycles. The molecule has 0 bridgehead atoms. The van der Waals surface area contributed by atoms with Gasteiger partial charge in [-0.05, 0) is 42.2 Å². The maximum Gasteiger partial charge on any atom is 0.261 e. The van der Waals surface area contributed by atoms with Gasteiger partial charge in [0.15, 0.2) is 0 Å². The first-order valence-corrected chi connectivity index (χ1v) is 13.0. The fraction of sp³-hybridized carbons (Fsp3) is 0.161. The summed E-state index contributed by atoms with van der Waals surface area (Å²) in [6.07, 6.45) is 8.64. The van der Waals surface area contributed by atoms with E-state index in [0.717, 1.165) is 46.7 Å². The van der Waals surface area contributed by atoms with E-state index in [2.05, 4.69) is 21.3 Å². The number of hydrogen-bond donors (Lipinski definition) is 1. The van der Waals surface area contributed by atoms with Crippen molar-refractivity contribution in [1.29, 1.82) is 0 Å². The number of anilines is 1. The highest BCUT2D eigenvalue weighted by molar-refractivity contribution is 6.47. The first-order chi connectivity index (χ1) is 19.6. The van der Waals surface area contributed by atoms with Crippen molar-refractivity contribution in [1.82, 2.24) is 14.7 Å². The zero-order valence-electron chi connectivity index (χ0n) is 21.9. The Hall–Kier alpha value is -5.18. The highest BCUT2D eigenvalue weighted by Gasteiger charge is 2.39. The van der Waals surface area contributed by atoms with Crippen LogP contribution in [0.3, 0.4) is 0 Å². The van der Waals surface area contributed by atoms with E-state index >= 15 is 0 Å². The van der Waals surface area contributed by atoms with Crippen LogP contribution in [-0.4, -0.2) is 47.2 Å². The van der Waals surface area contributed by atoms with E-state index in [1.165, 1.54) is 0 Å². The van der Waals surface area contributed by atoms with E-state index in [9.17, 15) is 9.59 Å². The lowest BCUT2D eigenvalue weighted by Gasteiger charge is -2.25. The van der Waals surface area contributed by atoms with Crippen molar-refractivity contribution in [3.8, 4) is 11.5 Å². The summed E-state index contributed by atoms with van der Waals surface area (Å²) in [5, 5.41) is 2.49. The van der Waals surface area contributed by atoms with E-state index in [4.69, 9.17) is 14.5 Å². The van der Waals surface area contributed by atoms with Gasteiger partial charge in [-0.15, -0.1) is 0 Å². The van der Waals surface area contributed by atoms with Gasteiger partial charge in [0.25, 0.3) is 11.8 Å². The van der Waals surface area contributed by atoms with Crippen LogP contribution < -0.4 is 19.7 Å². The summed E-state index contributed by atoms with van der Waals surface area (Å²) in [7, 11) is 3.30. The molecule has 0 aliphatic carbocycles. The molecule has 1 atom stereocenters. The fourth-order valence-electron chi connectivity index (χ4n) is 5.92. The Morgan fingerprint density at radius 1 is 1.00 bits per heavy atom. The van der Waals surface area contributed by atoms with Crippen molar-refractivity contribution in [2.45, 2.75) is 18.9 Å². The molecule has 40 heavy (non-hydrogen) atoms. The summed E-state index contributed by atoms with van der Waals surface area (Å²) in [4.78, 5) is 37.8. The number of hydrogen-bond acceptors (Lipinski definition) is 7. The van der Waals surface area contributed by atoms with Crippen molar-refractivity contribution in [2.75, 3.05) is 19.1 Å². The van der Waals surface area contributed by atoms with Crippen LogP contribution in [0.15, 0.2) is 90.0 Å². The highest BCUT2D eigenvalue weighted by atomic mass is 16.5. The average Bonchev–Trinajstić information content (AvgIpc) is 3.59. The maximum absolute atomic E-state index is 13.3. The molecule has 0 saturated carbocycles. The molecular weight excluding hydrogens is 506 g/mol. The minimum absolute atomic E-state index is 0.107. The van der Waals surface area contributed by atoms with Crippen molar-refractivity contribution in [2.24, 2.45) is 4.99 Å². The number of methoxy groups -OCH3 is 2. The third-order valence-corrected chi connectivity index (χ3v) is 7.70. The number of benzene rings is 2. The molecular formula is C31H25N5O4. The fourth-order valence-corrected chi connectivity index (χ4v) is 5.92. The predicted octanol–water partition coefficient (Wildman–Crippen LogP) is 3.71. The quantitative estimate of drug-likeness (QED) is 0.381. The number of pyridine rings is 1. The van der Waals surface area contributed by atoms with Gasteiger partial charge in [-0.3, -0.25) is 24.3 Å². The molecule has 9 heteroatoms. The van der Waals surface area contributed by atoms with Crippen molar-refractivity contribution < 1.29 is 19.1 Å². The van der Waals surface area contributed by atoms with Gasteiger partial charge in [0.05, 0.1) is 48.7 Å². The molecule has 3 aliphatic rings. The van der Waals surface area contributed by atoms with E-state index in [1.54, 1.807) is 31.0 Å². The minimum atomic E-state index is -0.471. The highest BCUT2D eigenvalue weighted by Crippen LogP contribution is 2.41. The van der Waals surface area contributed by atoms with Crippen LogP contribution in [0, 0.1) is 0 Å². The smallest absolute Gasteiger partial charge is 0.261 e. The Morgan fingerprint density at radius 3 is 2.73 bits per heavy atom. The van der Waals surface area contributed by atoms with Gasteiger partial charge in [0, 0.05) is 36.3 Å². The molecule has 9 nitrogen and oxygen atoms in total. The first kappa shape index (κ1) is 23.9. The summed E-state index contributed by atoms with van der Waals surface area (Å²) in [6.45, 7) is 0. The number of nitrogens with zero attached hydrogens (tertiary/aromatic N) is 4. The molecule has 1 unspecified atom stereocenters. The molecule has 5 heterocycles. The predicted molar refractivity (Wildman–Crippen MR) is 151 cm³/mol. The Bertz CT molecular complexity index is 1820. The standard InChI is InChI=1S/C31H25N5O4/c1-39-21-10-9-18(24(16-21)40-2)14-20-15-19-6-5-7-22-28(32-11-13-35(20)29(19)22)27-26(30(37)34-31(27)38)23-17-33-25-8-3-4-12-36(23)25/h3-13,16-17,20H,14-15H2,1-2H3,(H,34,37,38). The number of ether oxygens (including phenoxy) is 2. The normalized spacial score (nSPS) is 17.7. The summed E-state index contributed by atoms with van der Waals surface area (Å²) >= 11 is 0. The molecule has 0 radical (unpaired) electrons. The number of carbonyl (C=O) groups is 2. The lowest BCUT2D eigenvalue weighted by atomic mass is 9.94. The lowest BCUT2D eigenvalue weighted by molar-refractivity contribution is -0.123. The molecule has 1 N–H and O–H groups in total. The van der Waals surface area contributed by atoms with E-state index in [-0.39, 0.29) is 17.2 Å². The molecule has 7 rings (SSSR count). The molecule has 198 valence electrons. The molecule has 0 fully saturated rings. The van der Waals surface area contributed by atoms with E-state index < -0.39 is 11.8 Å². The summed E-state index contributed by atoms with van der Waals surface area (Å²) in [5.41, 5.74) is 6.21. The summed E-state index contributed by atoms with van der Waals surface area (Å²) in [5.74, 6) is 0.581. The molecule has 0 saturated heterocycles. The molecule has 2 aromatic heterocycles. The molecule has 4 aromatic rings. The van der Waals surface area contributed by atoms with Crippen molar-refractivity contribution in [3.05, 3.63) is 107 Å². The molecule has 0 spiro atoms. The minimum Gasteiger partial charge on any atom is -0.497 e. The zero-order chi connectivity index (χ0) is 27.4. The summed E-state index contributed by atoms with van der Waals surface area (Å²) < 4.78 is 12.8. The Balaban J connectivity index is 1.32. The number of fused-ring (bicyclic) bond motifs is 1. The van der Waals surface area contributed by atoms with Gasteiger partial charge in [0.1, 0.15) is 17.1 Å².